The van der Waals surface area contributed by atoms with Crippen molar-refractivity contribution in [1.82, 2.24) is 0 Å². The number of hydrogen-bond donors (Lipinski definition) is 1. The quantitative estimate of drug-likeness (QED) is 0.748. The van der Waals surface area contributed by atoms with E-state index in [9.17, 15) is 0 Å². The minimum absolute atomic E-state index is 0.308. The first-order valence-electron chi connectivity index (χ1n) is 6.61. The van der Waals surface area contributed by atoms with Gasteiger partial charge in [0.1, 0.15) is 0 Å². The molecule has 1 saturated heterocycles. The maximum atomic E-state index is 6.12. The highest BCUT2D eigenvalue weighted by Gasteiger charge is 2.32. The van der Waals surface area contributed by atoms with Gasteiger partial charge in [-0.1, -0.05) is 32.9 Å². The van der Waals surface area contributed by atoms with Crippen LogP contribution in [0.1, 0.15) is 40.0 Å². The first kappa shape index (κ1) is 12.3. The van der Waals surface area contributed by atoms with Gasteiger partial charge in [0, 0.05) is 12.6 Å². The van der Waals surface area contributed by atoms with Crippen molar-refractivity contribution in [2.75, 3.05) is 17.2 Å². The predicted octanol–water partition coefficient (Wildman–Crippen LogP) is 3.67. The van der Waals surface area contributed by atoms with Gasteiger partial charge in [-0.05, 0) is 36.8 Å². The molecule has 0 spiro atoms. The number of nitrogens with zero attached hydrogens (tertiary/aromatic N) is 1. The number of para-hydroxylation sites is 2. The Bertz CT molecular complexity index is 379. The van der Waals surface area contributed by atoms with Crippen LogP contribution in [-0.2, 0) is 0 Å². The molecule has 1 aliphatic heterocycles. The van der Waals surface area contributed by atoms with E-state index in [2.05, 4.69) is 37.8 Å². The molecule has 2 nitrogen and oxygen atoms in total. The van der Waals surface area contributed by atoms with Crippen molar-refractivity contribution >= 4 is 11.4 Å². The molecule has 0 bridgehead atoms. The SMILES string of the molecule is CC(C)(C)C1CCCCN1c1ccccc1N. The van der Waals surface area contributed by atoms with Crippen molar-refractivity contribution in [3.63, 3.8) is 0 Å². The monoisotopic (exact) mass is 232 g/mol. The van der Waals surface area contributed by atoms with E-state index in [0.29, 0.717) is 11.5 Å². The molecule has 0 radical (unpaired) electrons. The van der Waals surface area contributed by atoms with Crippen LogP contribution in [0.25, 0.3) is 0 Å². The zero-order valence-electron chi connectivity index (χ0n) is 11.2. The summed E-state index contributed by atoms with van der Waals surface area (Å²) in [7, 11) is 0. The summed E-state index contributed by atoms with van der Waals surface area (Å²) in [6.07, 6.45) is 3.89. The fourth-order valence-corrected chi connectivity index (χ4v) is 2.87. The van der Waals surface area contributed by atoms with Crippen LogP contribution in [0.15, 0.2) is 24.3 Å². The van der Waals surface area contributed by atoms with Crippen LogP contribution in [0.3, 0.4) is 0 Å². The number of anilines is 2. The van der Waals surface area contributed by atoms with Crippen LogP contribution in [0, 0.1) is 5.41 Å². The Labute approximate surface area is 105 Å². The molecule has 1 aromatic carbocycles. The number of hydrogen-bond acceptors (Lipinski definition) is 2. The molecular formula is C15H24N2. The fraction of sp³-hybridized carbons (Fsp3) is 0.600. The van der Waals surface area contributed by atoms with E-state index >= 15 is 0 Å². The van der Waals surface area contributed by atoms with Gasteiger partial charge in [0.05, 0.1) is 11.4 Å². The Morgan fingerprint density at radius 3 is 2.53 bits per heavy atom. The molecule has 2 N–H and O–H groups in total. The Morgan fingerprint density at radius 1 is 1.18 bits per heavy atom. The van der Waals surface area contributed by atoms with Crippen LogP contribution in [-0.4, -0.2) is 12.6 Å². The first-order valence-corrected chi connectivity index (χ1v) is 6.61. The largest absolute Gasteiger partial charge is 0.397 e. The van der Waals surface area contributed by atoms with Crippen molar-refractivity contribution in [3.8, 4) is 0 Å². The maximum absolute atomic E-state index is 6.12. The zero-order chi connectivity index (χ0) is 12.5. The van der Waals surface area contributed by atoms with Crippen molar-refractivity contribution in [3.05, 3.63) is 24.3 Å². The molecule has 0 saturated carbocycles. The summed E-state index contributed by atoms with van der Waals surface area (Å²) in [6, 6.07) is 8.85. The van der Waals surface area contributed by atoms with Crippen molar-refractivity contribution in [2.24, 2.45) is 5.41 Å². The normalized spacial score (nSPS) is 21.6. The lowest BCUT2D eigenvalue weighted by Gasteiger charge is -2.45. The Hall–Kier alpha value is -1.18. The van der Waals surface area contributed by atoms with Gasteiger partial charge in [0.25, 0.3) is 0 Å². The minimum atomic E-state index is 0.308. The summed E-state index contributed by atoms with van der Waals surface area (Å²) < 4.78 is 0. The maximum Gasteiger partial charge on any atom is 0.0602 e. The van der Waals surface area contributed by atoms with Gasteiger partial charge in [-0.25, -0.2) is 0 Å². The van der Waals surface area contributed by atoms with Crippen molar-refractivity contribution in [1.29, 1.82) is 0 Å². The zero-order valence-corrected chi connectivity index (χ0v) is 11.2. The third-order valence-corrected chi connectivity index (χ3v) is 3.75. The van der Waals surface area contributed by atoms with E-state index in [1.165, 1.54) is 24.9 Å². The first-order chi connectivity index (χ1) is 8.00. The Morgan fingerprint density at radius 2 is 1.88 bits per heavy atom. The standard InChI is InChI=1S/C15H24N2/c1-15(2,3)14-10-6-7-11-17(14)13-9-5-4-8-12(13)16/h4-5,8-9,14H,6-7,10-11,16H2,1-3H3. The average molecular weight is 232 g/mol. The van der Waals surface area contributed by atoms with Crippen LogP contribution in [0.4, 0.5) is 11.4 Å². The summed E-state index contributed by atoms with van der Waals surface area (Å²) in [4.78, 5) is 2.51. The third-order valence-electron chi connectivity index (χ3n) is 3.75. The summed E-state index contributed by atoms with van der Waals surface area (Å²) in [5.74, 6) is 0. The van der Waals surface area contributed by atoms with Gasteiger partial charge >= 0.3 is 0 Å². The molecule has 1 aliphatic rings. The molecule has 0 aromatic heterocycles. The molecule has 2 rings (SSSR count). The predicted molar refractivity (Wildman–Crippen MR) is 75.3 cm³/mol. The van der Waals surface area contributed by atoms with Crippen LogP contribution in [0.5, 0.6) is 0 Å². The highest BCUT2D eigenvalue weighted by atomic mass is 15.2. The van der Waals surface area contributed by atoms with E-state index in [1.54, 1.807) is 0 Å². The van der Waals surface area contributed by atoms with Gasteiger partial charge in [0.15, 0.2) is 0 Å². The van der Waals surface area contributed by atoms with E-state index in [1.807, 2.05) is 12.1 Å². The second kappa shape index (κ2) is 4.59. The number of rotatable bonds is 1. The molecule has 2 heteroatoms. The lowest BCUT2D eigenvalue weighted by atomic mass is 9.80. The number of piperidine rings is 1. The molecular weight excluding hydrogens is 208 g/mol. The topological polar surface area (TPSA) is 29.3 Å². The molecule has 17 heavy (non-hydrogen) atoms. The van der Waals surface area contributed by atoms with Crippen LogP contribution in [0.2, 0.25) is 0 Å². The summed E-state index contributed by atoms with van der Waals surface area (Å²) >= 11 is 0. The lowest BCUT2D eigenvalue weighted by molar-refractivity contribution is 0.262. The number of nitrogens with two attached hydrogens (primary N) is 1. The van der Waals surface area contributed by atoms with Crippen LogP contribution >= 0.6 is 0 Å². The summed E-state index contributed by atoms with van der Waals surface area (Å²) in [5, 5.41) is 0. The molecule has 1 unspecified atom stereocenters. The molecule has 1 aromatic rings. The highest BCUT2D eigenvalue weighted by Crippen LogP contribution is 2.37. The second-order valence-electron chi connectivity index (χ2n) is 6.13. The average Bonchev–Trinajstić information content (AvgIpc) is 2.28. The smallest absolute Gasteiger partial charge is 0.0602 e. The van der Waals surface area contributed by atoms with Gasteiger partial charge in [-0.2, -0.15) is 0 Å². The number of nitrogen functional groups attached to an aromatic ring is 1. The van der Waals surface area contributed by atoms with E-state index in [4.69, 9.17) is 5.73 Å². The minimum Gasteiger partial charge on any atom is -0.397 e. The molecule has 1 heterocycles. The van der Waals surface area contributed by atoms with E-state index in [0.717, 1.165) is 12.2 Å². The van der Waals surface area contributed by atoms with Gasteiger partial charge in [0.2, 0.25) is 0 Å². The molecule has 1 fully saturated rings. The number of benzene rings is 1. The van der Waals surface area contributed by atoms with E-state index in [-0.39, 0.29) is 0 Å². The molecule has 1 atom stereocenters. The summed E-state index contributed by atoms with van der Waals surface area (Å²) in [6.45, 7) is 8.12. The van der Waals surface area contributed by atoms with Gasteiger partial charge in [-0.15, -0.1) is 0 Å². The van der Waals surface area contributed by atoms with Crippen LogP contribution < -0.4 is 10.6 Å². The fourth-order valence-electron chi connectivity index (χ4n) is 2.87. The summed E-state index contributed by atoms with van der Waals surface area (Å²) in [5.41, 5.74) is 8.54. The Kier molecular flexibility index (Phi) is 3.32. The van der Waals surface area contributed by atoms with E-state index < -0.39 is 0 Å². The molecule has 0 aliphatic carbocycles. The lowest BCUT2D eigenvalue weighted by Crippen LogP contribution is -2.47. The molecule has 0 amide bonds. The van der Waals surface area contributed by atoms with Crippen molar-refractivity contribution < 1.29 is 0 Å². The highest BCUT2D eigenvalue weighted by molar-refractivity contribution is 5.68. The molecule has 94 valence electrons. The van der Waals surface area contributed by atoms with Crippen molar-refractivity contribution in [2.45, 2.75) is 46.1 Å². The second-order valence-corrected chi connectivity index (χ2v) is 6.13. The van der Waals surface area contributed by atoms with Gasteiger partial charge in [-0.3, -0.25) is 0 Å². The van der Waals surface area contributed by atoms with Gasteiger partial charge < -0.3 is 10.6 Å². The third kappa shape index (κ3) is 2.56. The Balaban J connectivity index is 2.32.